The lowest BCUT2D eigenvalue weighted by atomic mass is 9.90. The predicted molar refractivity (Wildman–Crippen MR) is 61.4 cm³/mol. The molecule has 0 unspecified atom stereocenters. The van der Waals surface area contributed by atoms with Gasteiger partial charge in [-0.3, -0.25) is 0 Å². The summed E-state index contributed by atoms with van der Waals surface area (Å²) < 4.78 is 38.3. The second-order valence-electron chi connectivity index (χ2n) is 5.89. The first-order valence-corrected chi connectivity index (χ1v) is 5.80. The van der Waals surface area contributed by atoms with E-state index in [-0.39, 0.29) is 0 Å². The van der Waals surface area contributed by atoms with Gasteiger partial charge in [-0.15, -0.1) is 0 Å². The summed E-state index contributed by atoms with van der Waals surface area (Å²) in [7, 11) is 0. The monoisotopic (exact) mass is 239 g/mol. The van der Waals surface area contributed by atoms with E-state index < -0.39 is 23.7 Å². The van der Waals surface area contributed by atoms with Crippen molar-refractivity contribution in [2.24, 2.45) is 11.8 Å². The molecule has 0 aliphatic heterocycles. The van der Waals surface area contributed by atoms with Crippen LogP contribution in [0, 0.1) is 11.8 Å². The molecule has 0 radical (unpaired) electrons. The van der Waals surface area contributed by atoms with Gasteiger partial charge in [0, 0.05) is 5.54 Å². The SMILES string of the molecule is CC(C)CC(C)(C)N[C@H](C(C)C)C(F)(F)F. The van der Waals surface area contributed by atoms with E-state index in [2.05, 4.69) is 5.32 Å². The molecule has 0 aliphatic rings. The summed E-state index contributed by atoms with van der Waals surface area (Å²) in [5.74, 6) is -0.0741. The molecule has 1 N–H and O–H groups in total. The summed E-state index contributed by atoms with van der Waals surface area (Å²) in [4.78, 5) is 0. The predicted octanol–water partition coefficient (Wildman–Crippen LogP) is 3.99. The topological polar surface area (TPSA) is 12.0 Å². The summed E-state index contributed by atoms with van der Waals surface area (Å²) in [5, 5.41) is 2.74. The second-order valence-corrected chi connectivity index (χ2v) is 5.89. The van der Waals surface area contributed by atoms with Crippen molar-refractivity contribution in [3.8, 4) is 0 Å². The first-order chi connectivity index (χ1) is 6.96. The van der Waals surface area contributed by atoms with Crippen LogP contribution in [0.5, 0.6) is 0 Å². The highest BCUT2D eigenvalue weighted by Gasteiger charge is 2.43. The Labute approximate surface area is 96.8 Å². The number of rotatable bonds is 5. The summed E-state index contributed by atoms with van der Waals surface area (Å²) in [5.41, 5.74) is -0.487. The average Bonchev–Trinajstić information content (AvgIpc) is 1.94. The summed E-state index contributed by atoms with van der Waals surface area (Å²) in [6.07, 6.45) is -3.45. The van der Waals surface area contributed by atoms with Crippen LogP contribution in [0.2, 0.25) is 0 Å². The molecule has 0 saturated heterocycles. The van der Waals surface area contributed by atoms with Crippen LogP contribution in [-0.4, -0.2) is 17.8 Å². The van der Waals surface area contributed by atoms with Crippen LogP contribution in [0.4, 0.5) is 13.2 Å². The molecular formula is C12H24F3N. The van der Waals surface area contributed by atoms with Crippen molar-refractivity contribution in [1.82, 2.24) is 5.32 Å². The standard InChI is InChI=1S/C12H24F3N/c1-8(2)7-11(5,6)16-10(9(3)4)12(13,14)15/h8-10,16H,7H2,1-6H3/t10-/m1/s1. The van der Waals surface area contributed by atoms with E-state index in [1.54, 1.807) is 13.8 Å². The Bertz CT molecular complexity index is 207. The van der Waals surface area contributed by atoms with Crippen molar-refractivity contribution >= 4 is 0 Å². The van der Waals surface area contributed by atoms with Crippen molar-refractivity contribution in [2.75, 3.05) is 0 Å². The lowest BCUT2D eigenvalue weighted by Gasteiger charge is -2.36. The Morgan fingerprint density at radius 3 is 1.69 bits per heavy atom. The van der Waals surface area contributed by atoms with Gasteiger partial charge in [-0.1, -0.05) is 27.7 Å². The third kappa shape index (κ3) is 5.73. The molecule has 0 amide bonds. The first kappa shape index (κ1) is 15.8. The largest absolute Gasteiger partial charge is 0.404 e. The molecule has 0 spiro atoms. The maximum absolute atomic E-state index is 12.8. The van der Waals surface area contributed by atoms with Crippen LogP contribution in [0.15, 0.2) is 0 Å². The second kappa shape index (κ2) is 5.39. The van der Waals surface area contributed by atoms with Crippen molar-refractivity contribution < 1.29 is 13.2 Å². The number of halogens is 3. The maximum atomic E-state index is 12.8. The van der Waals surface area contributed by atoms with Gasteiger partial charge in [0.25, 0.3) is 0 Å². The van der Waals surface area contributed by atoms with Gasteiger partial charge in [-0.05, 0) is 32.1 Å². The van der Waals surface area contributed by atoms with Gasteiger partial charge < -0.3 is 5.32 Å². The third-order valence-electron chi connectivity index (χ3n) is 2.48. The van der Waals surface area contributed by atoms with E-state index in [1.165, 1.54) is 0 Å². The van der Waals surface area contributed by atoms with Crippen molar-refractivity contribution in [1.29, 1.82) is 0 Å². The summed E-state index contributed by atoms with van der Waals surface area (Å²) in [6, 6.07) is -1.43. The molecule has 16 heavy (non-hydrogen) atoms. The fourth-order valence-corrected chi connectivity index (χ4v) is 2.13. The Balaban J connectivity index is 4.63. The van der Waals surface area contributed by atoms with E-state index in [0.717, 1.165) is 6.42 Å². The number of hydrogen-bond acceptors (Lipinski definition) is 1. The molecule has 0 fully saturated rings. The van der Waals surface area contributed by atoms with Crippen LogP contribution in [0.3, 0.4) is 0 Å². The quantitative estimate of drug-likeness (QED) is 0.765. The van der Waals surface area contributed by atoms with Gasteiger partial charge >= 0.3 is 6.18 Å². The minimum Gasteiger partial charge on any atom is -0.301 e. The fraction of sp³-hybridized carbons (Fsp3) is 1.00. The molecular weight excluding hydrogens is 215 g/mol. The Morgan fingerprint density at radius 2 is 1.44 bits per heavy atom. The molecule has 0 saturated carbocycles. The van der Waals surface area contributed by atoms with Crippen molar-refractivity contribution in [3.63, 3.8) is 0 Å². The minimum absolute atomic E-state index is 0.378. The van der Waals surface area contributed by atoms with E-state index in [1.807, 2.05) is 27.7 Å². The zero-order chi connectivity index (χ0) is 13.1. The van der Waals surface area contributed by atoms with Crippen molar-refractivity contribution in [2.45, 2.75) is 65.7 Å². The fourth-order valence-electron chi connectivity index (χ4n) is 2.13. The Hall–Kier alpha value is -0.250. The average molecular weight is 239 g/mol. The zero-order valence-corrected chi connectivity index (χ0v) is 11.1. The molecule has 0 aromatic rings. The molecule has 98 valence electrons. The van der Waals surface area contributed by atoms with Gasteiger partial charge in [0.05, 0.1) is 0 Å². The van der Waals surface area contributed by atoms with Crippen LogP contribution >= 0.6 is 0 Å². The normalized spacial score (nSPS) is 15.9. The van der Waals surface area contributed by atoms with Gasteiger partial charge in [-0.25, -0.2) is 0 Å². The molecule has 0 aliphatic carbocycles. The minimum atomic E-state index is -4.18. The molecule has 0 aromatic carbocycles. The van der Waals surface area contributed by atoms with E-state index in [4.69, 9.17) is 0 Å². The molecule has 0 heterocycles. The molecule has 1 atom stereocenters. The highest BCUT2D eigenvalue weighted by atomic mass is 19.4. The lowest BCUT2D eigenvalue weighted by Crippen LogP contribution is -2.55. The van der Waals surface area contributed by atoms with Crippen LogP contribution in [0.1, 0.15) is 48.0 Å². The smallest absolute Gasteiger partial charge is 0.301 e. The van der Waals surface area contributed by atoms with E-state index >= 15 is 0 Å². The van der Waals surface area contributed by atoms with Crippen LogP contribution in [-0.2, 0) is 0 Å². The van der Waals surface area contributed by atoms with E-state index in [9.17, 15) is 13.2 Å². The van der Waals surface area contributed by atoms with Gasteiger partial charge in [0.2, 0.25) is 0 Å². The number of nitrogens with one attached hydrogen (secondary N) is 1. The first-order valence-electron chi connectivity index (χ1n) is 5.80. The number of alkyl halides is 3. The third-order valence-corrected chi connectivity index (χ3v) is 2.48. The Kier molecular flexibility index (Phi) is 5.30. The highest BCUT2D eigenvalue weighted by molar-refractivity contribution is 4.88. The molecule has 4 heteroatoms. The van der Waals surface area contributed by atoms with Crippen LogP contribution in [0.25, 0.3) is 0 Å². The molecule has 1 nitrogen and oxygen atoms in total. The van der Waals surface area contributed by atoms with Crippen LogP contribution < -0.4 is 5.32 Å². The summed E-state index contributed by atoms with van der Waals surface area (Å²) >= 11 is 0. The maximum Gasteiger partial charge on any atom is 0.404 e. The molecule has 0 rings (SSSR count). The Morgan fingerprint density at radius 1 is 1.00 bits per heavy atom. The molecule has 0 aromatic heterocycles. The van der Waals surface area contributed by atoms with Gasteiger partial charge in [0.1, 0.15) is 6.04 Å². The molecule has 0 bridgehead atoms. The van der Waals surface area contributed by atoms with Gasteiger partial charge in [0.15, 0.2) is 0 Å². The summed E-state index contributed by atoms with van der Waals surface area (Å²) in [6.45, 7) is 10.9. The lowest BCUT2D eigenvalue weighted by molar-refractivity contribution is -0.170. The zero-order valence-electron chi connectivity index (χ0n) is 11.1. The van der Waals surface area contributed by atoms with Crippen molar-refractivity contribution in [3.05, 3.63) is 0 Å². The number of hydrogen-bond donors (Lipinski definition) is 1. The van der Waals surface area contributed by atoms with Gasteiger partial charge in [-0.2, -0.15) is 13.2 Å². The highest BCUT2D eigenvalue weighted by Crippen LogP contribution is 2.28. The van der Waals surface area contributed by atoms with E-state index in [0.29, 0.717) is 5.92 Å².